The summed E-state index contributed by atoms with van der Waals surface area (Å²) in [5.41, 5.74) is 0.788. The van der Waals surface area contributed by atoms with Crippen molar-refractivity contribution < 1.29 is 8.76 Å². The summed E-state index contributed by atoms with van der Waals surface area (Å²) < 4.78 is 21.5. The van der Waals surface area contributed by atoms with Crippen LogP contribution in [0.25, 0.3) is 0 Å². The molecule has 1 unspecified atom stereocenters. The molecule has 1 aromatic carbocycles. The van der Waals surface area contributed by atoms with Gasteiger partial charge in [0.1, 0.15) is 12.1 Å². The van der Waals surface area contributed by atoms with Crippen molar-refractivity contribution in [2.24, 2.45) is 0 Å². The van der Waals surface area contributed by atoms with Gasteiger partial charge in [-0.15, -0.1) is 0 Å². The molecule has 0 amide bonds. The Kier molecular flexibility index (Phi) is 3.26. The Bertz CT molecular complexity index is 610. The first-order chi connectivity index (χ1) is 8.87. The topological polar surface area (TPSA) is 52.6 Å². The molecule has 0 aromatic heterocycles. The lowest BCUT2D eigenvalue weighted by atomic mass is 10.1. The average molecular weight is 338 g/mol. The normalized spacial score (nSPS) is 33.4. The molecule has 2 aliphatic heterocycles. The zero-order chi connectivity index (χ0) is 13.8. The van der Waals surface area contributed by atoms with Crippen LogP contribution in [0.1, 0.15) is 0 Å². The molecule has 2 aliphatic rings. The van der Waals surface area contributed by atoms with Crippen LogP contribution in [-0.4, -0.2) is 33.3 Å². The van der Waals surface area contributed by atoms with Gasteiger partial charge in [-0.2, -0.15) is 4.55 Å². The van der Waals surface area contributed by atoms with Crippen molar-refractivity contribution in [3.05, 3.63) is 28.2 Å². The monoisotopic (exact) mass is 337 g/mol. The van der Waals surface area contributed by atoms with Gasteiger partial charge in [0, 0.05) is 5.69 Å². The maximum Gasteiger partial charge on any atom is 0.218 e. The van der Waals surface area contributed by atoms with Gasteiger partial charge in [-0.05, 0) is 30.4 Å². The fraction of sp³-hybridized carbons (Fsp3) is 0.364. The zero-order valence-corrected chi connectivity index (χ0v) is 12.8. The lowest BCUT2D eigenvalue weighted by Gasteiger charge is -2.22. The van der Waals surface area contributed by atoms with Crippen molar-refractivity contribution in [3.8, 4) is 0 Å². The summed E-state index contributed by atoms with van der Waals surface area (Å²) in [5, 5.41) is 4.56. The van der Waals surface area contributed by atoms with Gasteiger partial charge >= 0.3 is 0 Å². The number of halogens is 2. The zero-order valence-electron chi connectivity index (χ0n) is 9.68. The van der Waals surface area contributed by atoms with E-state index < -0.39 is 10.2 Å². The lowest BCUT2D eigenvalue weighted by molar-refractivity contribution is 0.502. The molecular weight excluding hydrogens is 327 g/mol. The molecule has 0 bridgehead atoms. The summed E-state index contributed by atoms with van der Waals surface area (Å²) in [6.07, 6.45) is 0. The molecule has 0 spiro atoms. The molecule has 3 rings (SSSR count). The number of rotatable bonds is 1. The molecule has 8 heteroatoms. The molecule has 1 aromatic rings. The van der Waals surface area contributed by atoms with Crippen LogP contribution in [0.5, 0.6) is 0 Å². The predicted molar refractivity (Wildman–Crippen MR) is 82.7 cm³/mol. The van der Waals surface area contributed by atoms with E-state index in [1.54, 1.807) is 12.1 Å². The number of hydrogen-bond acceptors (Lipinski definition) is 2. The molecule has 3 atom stereocenters. The molecule has 2 N–H and O–H groups in total. The highest BCUT2D eigenvalue weighted by Gasteiger charge is 2.54. The maximum absolute atomic E-state index is 11.8. The lowest BCUT2D eigenvalue weighted by Crippen LogP contribution is -2.37. The van der Waals surface area contributed by atoms with Crippen LogP contribution < -0.4 is 10.2 Å². The van der Waals surface area contributed by atoms with Crippen LogP contribution in [0.2, 0.25) is 10.0 Å². The van der Waals surface area contributed by atoms with Crippen molar-refractivity contribution in [1.29, 1.82) is 0 Å². The Morgan fingerprint density at radius 2 is 2.11 bits per heavy atom. The third kappa shape index (κ3) is 2.36. The average Bonchev–Trinajstić information content (AvgIpc) is 2.73. The van der Waals surface area contributed by atoms with Gasteiger partial charge in [-0.3, -0.25) is 0 Å². The van der Waals surface area contributed by atoms with Crippen LogP contribution >= 0.6 is 35.4 Å². The number of hydrogen-bond donors (Lipinski definition) is 2. The molecule has 2 saturated heterocycles. The predicted octanol–water partition coefficient (Wildman–Crippen LogP) is 2.41. The van der Waals surface area contributed by atoms with Crippen molar-refractivity contribution in [3.63, 3.8) is 0 Å². The first-order valence-corrected chi connectivity index (χ1v) is 8.66. The molecular formula is C11H11Cl2N2O2S2+. The first kappa shape index (κ1) is 13.6. The highest BCUT2D eigenvalue weighted by molar-refractivity contribution is 7.98. The minimum atomic E-state index is -2.76. The van der Waals surface area contributed by atoms with Crippen LogP contribution in [0, 0.1) is 0 Å². The van der Waals surface area contributed by atoms with Gasteiger partial charge < -0.3 is 10.2 Å². The minimum Gasteiger partial charge on any atom is -0.352 e. The van der Waals surface area contributed by atoms with Crippen LogP contribution in [0.4, 0.5) is 5.69 Å². The SMILES string of the molecule is O=[S+]1(O)C[C@@H]2NC(=S)N(c3ccc(Cl)c(Cl)c3)[C@@H]2C1. The molecule has 0 radical (unpaired) electrons. The highest BCUT2D eigenvalue weighted by Crippen LogP contribution is 2.34. The second-order valence-corrected chi connectivity index (χ2v) is 8.11. The largest absolute Gasteiger partial charge is 0.352 e. The van der Waals surface area contributed by atoms with E-state index in [0.717, 1.165) is 5.69 Å². The molecule has 2 heterocycles. The third-order valence-corrected chi connectivity index (χ3v) is 6.17. The summed E-state index contributed by atoms with van der Waals surface area (Å²) in [7, 11) is -2.76. The van der Waals surface area contributed by atoms with Gasteiger partial charge in [-0.25, -0.2) is 0 Å². The van der Waals surface area contributed by atoms with Crippen LogP contribution in [0.15, 0.2) is 18.2 Å². The number of anilines is 1. The van der Waals surface area contributed by atoms with E-state index in [1.165, 1.54) is 0 Å². The van der Waals surface area contributed by atoms with E-state index in [1.807, 2.05) is 11.0 Å². The van der Waals surface area contributed by atoms with Gasteiger partial charge in [0.15, 0.2) is 16.6 Å². The molecule has 19 heavy (non-hydrogen) atoms. The molecule has 102 valence electrons. The second-order valence-electron chi connectivity index (χ2n) is 4.70. The first-order valence-electron chi connectivity index (χ1n) is 5.64. The fourth-order valence-electron chi connectivity index (χ4n) is 2.56. The molecule has 0 saturated carbocycles. The second kappa shape index (κ2) is 4.56. The summed E-state index contributed by atoms with van der Waals surface area (Å²) in [4.78, 5) is 1.85. The Balaban J connectivity index is 1.97. The quantitative estimate of drug-likeness (QED) is 0.608. The van der Waals surface area contributed by atoms with Gasteiger partial charge in [-0.1, -0.05) is 27.4 Å². The van der Waals surface area contributed by atoms with E-state index in [4.69, 9.17) is 35.4 Å². The Labute approximate surface area is 127 Å². The Morgan fingerprint density at radius 1 is 1.37 bits per heavy atom. The number of benzene rings is 1. The fourth-order valence-corrected chi connectivity index (χ4v) is 5.16. The Morgan fingerprint density at radius 3 is 2.79 bits per heavy atom. The van der Waals surface area contributed by atoms with Crippen molar-refractivity contribution >= 4 is 56.4 Å². The van der Waals surface area contributed by atoms with Crippen molar-refractivity contribution in [2.45, 2.75) is 12.1 Å². The number of fused-ring (bicyclic) bond motifs is 1. The molecule has 4 nitrogen and oxygen atoms in total. The number of nitrogens with one attached hydrogen (secondary N) is 1. The van der Waals surface area contributed by atoms with Crippen LogP contribution in [-0.2, 0) is 14.4 Å². The summed E-state index contributed by atoms with van der Waals surface area (Å²) in [5.74, 6) is 0.445. The summed E-state index contributed by atoms with van der Waals surface area (Å²) in [6.45, 7) is 0. The summed E-state index contributed by atoms with van der Waals surface area (Å²) in [6, 6.07) is 5.03. The van der Waals surface area contributed by atoms with Crippen molar-refractivity contribution in [1.82, 2.24) is 5.32 Å². The van der Waals surface area contributed by atoms with E-state index in [0.29, 0.717) is 15.2 Å². The minimum absolute atomic E-state index is 0.0838. The van der Waals surface area contributed by atoms with Gasteiger partial charge in [0.2, 0.25) is 10.2 Å². The highest BCUT2D eigenvalue weighted by atomic mass is 35.5. The van der Waals surface area contributed by atoms with E-state index in [9.17, 15) is 8.76 Å². The maximum atomic E-state index is 11.8. The standard InChI is InChI=1S/C11H10Cl2N2O2S2/c12-7-2-1-6(3-8(7)13)15-10-5-19(16,17)4-9(10)14-11(15)18/h1-3,9-10H,4-5H2,(H-,14,16,17,18)/p+1/t9-,10+/m0/s1. The van der Waals surface area contributed by atoms with E-state index >= 15 is 0 Å². The smallest absolute Gasteiger partial charge is 0.218 e. The van der Waals surface area contributed by atoms with E-state index in [2.05, 4.69) is 5.32 Å². The third-order valence-electron chi connectivity index (χ3n) is 3.38. The number of nitrogens with zero attached hydrogens (tertiary/aromatic N) is 1. The Hall–Kier alpha value is -0.400. The van der Waals surface area contributed by atoms with Crippen LogP contribution in [0.3, 0.4) is 0 Å². The molecule has 0 aliphatic carbocycles. The molecule has 2 fully saturated rings. The summed E-state index contributed by atoms with van der Waals surface area (Å²) >= 11 is 17.2. The van der Waals surface area contributed by atoms with Gasteiger partial charge in [0.25, 0.3) is 0 Å². The van der Waals surface area contributed by atoms with Crippen molar-refractivity contribution in [2.75, 3.05) is 16.4 Å². The number of thiocarbonyl (C=S) groups is 1. The van der Waals surface area contributed by atoms with E-state index in [-0.39, 0.29) is 23.6 Å². The van der Waals surface area contributed by atoms with Gasteiger partial charge in [0.05, 0.1) is 10.0 Å².